The Kier molecular flexibility index (Phi) is 4.34. The fraction of sp³-hybridized carbons (Fsp3) is 0.471. The van der Waals surface area contributed by atoms with Crippen LogP contribution < -0.4 is 4.90 Å². The fourth-order valence-electron chi connectivity index (χ4n) is 2.41. The Morgan fingerprint density at radius 1 is 1.50 bits per heavy atom. The zero-order valence-electron chi connectivity index (χ0n) is 12.6. The summed E-state index contributed by atoms with van der Waals surface area (Å²) in [6.07, 6.45) is 0.731. The summed E-state index contributed by atoms with van der Waals surface area (Å²) in [7, 11) is 0. The Bertz CT molecular complexity index is 568. The van der Waals surface area contributed by atoms with Crippen molar-refractivity contribution >= 4 is 11.8 Å². The van der Waals surface area contributed by atoms with Crippen LogP contribution in [0.5, 0.6) is 0 Å². The molecule has 1 aliphatic rings. The highest BCUT2D eigenvalue weighted by molar-refractivity contribution is 5.90. The summed E-state index contributed by atoms with van der Waals surface area (Å²) in [4.78, 5) is 13.5. The van der Waals surface area contributed by atoms with Crippen molar-refractivity contribution < 1.29 is 9.53 Å². The monoisotopic (exact) mass is 271 g/mol. The van der Waals surface area contributed by atoms with Crippen LogP contribution in [-0.2, 0) is 4.74 Å². The van der Waals surface area contributed by atoms with Crippen molar-refractivity contribution in [3.05, 3.63) is 29.3 Å². The number of amides is 1. The predicted octanol–water partition coefficient (Wildman–Crippen LogP) is 3.92. The normalized spacial score (nSPS) is 19.3. The van der Waals surface area contributed by atoms with Crippen LogP contribution >= 0.6 is 0 Å². The van der Waals surface area contributed by atoms with Gasteiger partial charge in [-0.3, -0.25) is 4.90 Å². The maximum absolute atomic E-state index is 11.8. The second-order valence-electron chi connectivity index (χ2n) is 5.26. The van der Waals surface area contributed by atoms with Crippen molar-refractivity contribution in [1.29, 1.82) is 0 Å². The molecule has 2 atom stereocenters. The summed E-state index contributed by atoms with van der Waals surface area (Å²) >= 11 is 0. The van der Waals surface area contributed by atoms with Gasteiger partial charge in [0.05, 0.1) is 6.54 Å². The van der Waals surface area contributed by atoms with Crippen LogP contribution in [0.25, 0.3) is 0 Å². The average molecular weight is 271 g/mol. The molecular weight excluding hydrogens is 250 g/mol. The lowest BCUT2D eigenvalue weighted by Gasteiger charge is -2.18. The van der Waals surface area contributed by atoms with Crippen LogP contribution in [0.2, 0.25) is 0 Å². The third-order valence-corrected chi connectivity index (χ3v) is 3.71. The average Bonchev–Trinajstić information content (AvgIpc) is 2.77. The molecule has 1 aliphatic heterocycles. The standard InChI is InChI=1S/C17H21NO2/c1-5-7-14-8-9-15(10-16(14)12(3)6-2)18-11-13(4)20-17(18)19/h8-10,12-13H,6,11H2,1-4H3. The van der Waals surface area contributed by atoms with Crippen molar-refractivity contribution in [2.75, 3.05) is 11.4 Å². The number of rotatable bonds is 3. The molecule has 0 N–H and O–H groups in total. The summed E-state index contributed by atoms with van der Waals surface area (Å²) in [5.74, 6) is 6.52. The number of carbonyl (C=O) groups is 1. The summed E-state index contributed by atoms with van der Waals surface area (Å²) in [6.45, 7) is 8.70. The molecule has 1 amide bonds. The van der Waals surface area contributed by atoms with E-state index in [-0.39, 0.29) is 12.2 Å². The summed E-state index contributed by atoms with van der Waals surface area (Å²) in [5, 5.41) is 0. The zero-order chi connectivity index (χ0) is 14.7. The first kappa shape index (κ1) is 14.5. The van der Waals surface area contributed by atoms with Gasteiger partial charge >= 0.3 is 6.09 Å². The van der Waals surface area contributed by atoms with E-state index in [2.05, 4.69) is 31.8 Å². The largest absolute Gasteiger partial charge is 0.444 e. The highest BCUT2D eigenvalue weighted by atomic mass is 16.6. The molecule has 1 aromatic rings. The lowest BCUT2D eigenvalue weighted by Crippen LogP contribution is -2.24. The quantitative estimate of drug-likeness (QED) is 0.780. The van der Waals surface area contributed by atoms with Gasteiger partial charge in [0.25, 0.3) is 0 Å². The van der Waals surface area contributed by atoms with Gasteiger partial charge in [-0.05, 0) is 49.9 Å². The number of hydrogen-bond acceptors (Lipinski definition) is 2. The summed E-state index contributed by atoms with van der Waals surface area (Å²) in [6, 6.07) is 6.03. The van der Waals surface area contributed by atoms with Crippen LogP contribution in [0.1, 0.15) is 51.2 Å². The minimum Gasteiger partial charge on any atom is -0.444 e. The number of cyclic esters (lactones) is 1. The molecule has 2 rings (SSSR count). The van der Waals surface area contributed by atoms with E-state index in [1.807, 2.05) is 26.0 Å². The molecule has 1 saturated heterocycles. The van der Waals surface area contributed by atoms with Gasteiger partial charge in [0.2, 0.25) is 0 Å². The third kappa shape index (κ3) is 2.80. The third-order valence-electron chi connectivity index (χ3n) is 3.71. The Morgan fingerprint density at radius 2 is 2.25 bits per heavy atom. The first-order valence-corrected chi connectivity index (χ1v) is 7.11. The van der Waals surface area contributed by atoms with E-state index in [1.165, 1.54) is 5.56 Å². The molecule has 20 heavy (non-hydrogen) atoms. The number of hydrogen-bond donors (Lipinski definition) is 0. The Hall–Kier alpha value is -1.95. The van der Waals surface area contributed by atoms with Gasteiger partial charge in [-0.25, -0.2) is 4.79 Å². The maximum atomic E-state index is 11.8. The van der Waals surface area contributed by atoms with Crippen molar-refractivity contribution in [3.63, 3.8) is 0 Å². The molecule has 1 fully saturated rings. The van der Waals surface area contributed by atoms with Gasteiger partial charge in [0.1, 0.15) is 6.10 Å². The lowest BCUT2D eigenvalue weighted by atomic mass is 9.93. The molecule has 0 bridgehead atoms. The summed E-state index contributed by atoms with van der Waals surface area (Å²) < 4.78 is 5.19. The van der Waals surface area contributed by atoms with Gasteiger partial charge in [0.15, 0.2) is 0 Å². The Balaban J connectivity index is 2.41. The van der Waals surface area contributed by atoms with Crippen molar-refractivity contribution in [2.45, 2.75) is 46.1 Å². The van der Waals surface area contributed by atoms with Crippen molar-refractivity contribution in [2.24, 2.45) is 0 Å². The minimum atomic E-state index is -0.262. The zero-order valence-corrected chi connectivity index (χ0v) is 12.6. The SMILES string of the molecule is CC#Cc1ccc(N2CC(C)OC2=O)cc1C(C)CC. The second-order valence-corrected chi connectivity index (χ2v) is 5.26. The van der Waals surface area contributed by atoms with Crippen LogP contribution in [0.3, 0.4) is 0 Å². The number of anilines is 1. The predicted molar refractivity (Wildman–Crippen MR) is 81.0 cm³/mol. The first-order chi connectivity index (χ1) is 9.56. The van der Waals surface area contributed by atoms with E-state index < -0.39 is 0 Å². The van der Waals surface area contributed by atoms with Gasteiger partial charge < -0.3 is 4.74 Å². The second kappa shape index (κ2) is 6.00. The molecule has 0 aliphatic carbocycles. The van der Waals surface area contributed by atoms with Crippen LogP contribution in [0.4, 0.5) is 10.5 Å². The molecule has 3 nitrogen and oxygen atoms in total. The minimum absolute atomic E-state index is 0.0512. The first-order valence-electron chi connectivity index (χ1n) is 7.11. The highest BCUT2D eigenvalue weighted by Crippen LogP contribution is 2.29. The maximum Gasteiger partial charge on any atom is 0.414 e. The van der Waals surface area contributed by atoms with Gasteiger partial charge in [0, 0.05) is 11.3 Å². The molecule has 1 aromatic carbocycles. The van der Waals surface area contributed by atoms with Gasteiger partial charge in [-0.15, -0.1) is 5.92 Å². The number of carbonyl (C=O) groups excluding carboxylic acids is 1. The Labute approximate surface area is 120 Å². The molecule has 0 spiro atoms. The smallest absolute Gasteiger partial charge is 0.414 e. The van der Waals surface area contributed by atoms with E-state index in [0.29, 0.717) is 12.5 Å². The molecular formula is C17H21NO2. The van der Waals surface area contributed by atoms with E-state index in [4.69, 9.17) is 4.74 Å². The molecule has 0 aromatic heterocycles. The van der Waals surface area contributed by atoms with Gasteiger partial charge in [-0.2, -0.15) is 0 Å². The molecule has 106 valence electrons. The molecule has 1 heterocycles. The van der Waals surface area contributed by atoms with Crippen LogP contribution in [0.15, 0.2) is 18.2 Å². The topological polar surface area (TPSA) is 29.5 Å². The Morgan fingerprint density at radius 3 is 2.80 bits per heavy atom. The fourth-order valence-corrected chi connectivity index (χ4v) is 2.41. The molecule has 0 radical (unpaired) electrons. The number of ether oxygens (including phenoxy) is 1. The van der Waals surface area contributed by atoms with E-state index in [1.54, 1.807) is 4.90 Å². The highest BCUT2D eigenvalue weighted by Gasteiger charge is 2.29. The molecule has 2 unspecified atom stereocenters. The number of nitrogens with zero attached hydrogens (tertiary/aromatic N) is 1. The number of benzene rings is 1. The lowest BCUT2D eigenvalue weighted by molar-refractivity contribution is 0.150. The van der Waals surface area contributed by atoms with E-state index in [9.17, 15) is 4.79 Å². The molecule has 0 saturated carbocycles. The van der Waals surface area contributed by atoms with Crippen LogP contribution in [0, 0.1) is 11.8 Å². The van der Waals surface area contributed by atoms with Crippen LogP contribution in [-0.4, -0.2) is 18.7 Å². The van der Waals surface area contributed by atoms with Crippen molar-refractivity contribution in [1.82, 2.24) is 0 Å². The van der Waals surface area contributed by atoms with E-state index >= 15 is 0 Å². The van der Waals surface area contributed by atoms with Crippen molar-refractivity contribution in [3.8, 4) is 11.8 Å². The summed E-state index contributed by atoms with van der Waals surface area (Å²) in [5.41, 5.74) is 3.15. The van der Waals surface area contributed by atoms with E-state index in [0.717, 1.165) is 17.7 Å². The van der Waals surface area contributed by atoms with Gasteiger partial charge in [-0.1, -0.05) is 19.8 Å². The molecule has 3 heteroatoms.